The van der Waals surface area contributed by atoms with Crippen LogP contribution in [0.3, 0.4) is 0 Å². The molecule has 1 N–H and O–H groups in total. The van der Waals surface area contributed by atoms with Crippen molar-refractivity contribution in [2.24, 2.45) is 0 Å². The number of benzene rings is 1. The van der Waals surface area contributed by atoms with Crippen molar-refractivity contribution in [3.63, 3.8) is 0 Å². The Morgan fingerprint density at radius 3 is 2.39 bits per heavy atom. The van der Waals surface area contributed by atoms with Gasteiger partial charge in [-0.3, -0.25) is 0 Å². The van der Waals surface area contributed by atoms with Crippen LogP contribution in [-0.4, -0.2) is 12.6 Å². The number of nitrogens with one attached hydrogen (secondary N) is 1. The summed E-state index contributed by atoms with van der Waals surface area (Å²) in [6.07, 6.45) is 8.10. The van der Waals surface area contributed by atoms with Crippen LogP contribution in [0, 0.1) is 0 Å². The standard InChI is InChI=1S/C17H27N/c1-14(2)16-11-9-15(10-12-16)6-5-13-18-17-7-3-4-8-17/h9-12,14,17-18H,3-8,13H2,1-2H3. The van der Waals surface area contributed by atoms with E-state index < -0.39 is 0 Å². The molecule has 1 aliphatic carbocycles. The molecular weight excluding hydrogens is 218 g/mol. The highest BCUT2D eigenvalue weighted by Crippen LogP contribution is 2.18. The zero-order chi connectivity index (χ0) is 12.8. The zero-order valence-corrected chi connectivity index (χ0v) is 11.9. The zero-order valence-electron chi connectivity index (χ0n) is 11.9. The van der Waals surface area contributed by atoms with Crippen LogP contribution in [0.5, 0.6) is 0 Å². The van der Waals surface area contributed by atoms with Gasteiger partial charge >= 0.3 is 0 Å². The average Bonchev–Trinajstić information content (AvgIpc) is 2.88. The number of rotatable bonds is 6. The van der Waals surface area contributed by atoms with Crippen molar-refractivity contribution in [2.75, 3.05) is 6.54 Å². The third kappa shape index (κ3) is 4.13. The van der Waals surface area contributed by atoms with E-state index in [2.05, 4.69) is 43.4 Å². The Morgan fingerprint density at radius 2 is 1.78 bits per heavy atom. The molecule has 0 saturated heterocycles. The monoisotopic (exact) mass is 245 g/mol. The molecule has 18 heavy (non-hydrogen) atoms. The van der Waals surface area contributed by atoms with Crippen LogP contribution in [-0.2, 0) is 6.42 Å². The molecule has 100 valence electrons. The van der Waals surface area contributed by atoms with Crippen LogP contribution < -0.4 is 5.32 Å². The van der Waals surface area contributed by atoms with Crippen LogP contribution in [0.2, 0.25) is 0 Å². The van der Waals surface area contributed by atoms with Gasteiger partial charge in [0, 0.05) is 6.04 Å². The first-order valence-electron chi connectivity index (χ1n) is 7.58. The van der Waals surface area contributed by atoms with Gasteiger partial charge in [0.05, 0.1) is 0 Å². The topological polar surface area (TPSA) is 12.0 Å². The van der Waals surface area contributed by atoms with E-state index in [0.29, 0.717) is 5.92 Å². The lowest BCUT2D eigenvalue weighted by molar-refractivity contribution is 0.515. The fourth-order valence-corrected chi connectivity index (χ4v) is 2.80. The van der Waals surface area contributed by atoms with Crippen LogP contribution in [0.25, 0.3) is 0 Å². The molecule has 1 saturated carbocycles. The van der Waals surface area contributed by atoms with E-state index >= 15 is 0 Å². The minimum absolute atomic E-state index is 0.642. The Labute approximate surface area is 112 Å². The second kappa shape index (κ2) is 6.94. The smallest absolute Gasteiger partial charge is 0.00670 e. The summed E-state index contributed by atoms with van der Waals surface area (Å²) in [6, 6.07) is 9.97. The molecule has 1 aliphatic rings. The molecular formula is C17H27N. The molecule has 1 fully saturated rings. The molecule has 0 aromatic heterocycles. The van der Waals surface area contributed by atoms with Gasteiger partial charge in [0.2, 0.25) is 0 Å². The van der Waals surface area contributed by atoms with E-state index in [-0.39, 0.29) is 0 Å². The van der Waals surface area contributed by atoms with Gasteiger partial charge in [-0.25, -0.2) is 0 Å². The van der Waals surface area contributed by atoms with Crippen LogP contribution in [0.15, 0.2) is 24.3 Å². The Hall–Kier alpha value is -0.820. The minimum Gasteiger partial charge on any atom is -0.314 e. The van der Waals surface area contributed by atoms with Gasteiger partial charge < -0.3 is 5.32 Å². The fourth-order valence-electron chi connectivity index (χ4n) is 2.80. The maximum atomic E-state index is 3.68. The van der Waals surface area contributed by atoms with Crippen molar-refractivity contribution in [2.45, 2.75) is 64.3 Å². The Kier molecular flexibility index (Phi) is 5.25. The van der Waals surface area contributed by atoms with E-state index in [9.17, 15) is 0 Å². The Bertz CT molecular complexity index is 333. The summed E-state index contributed by atoms with van der Waals surface area (Å²) in [5, 5.41) is 3.68. The summed E-state index contributed by atoms with van der Waals surface area (Å²) in [7, 11) is 0. The van der Waals surface area contributed by atoms with Crippen LogP contribution in [0.1, 0.15) is 63.0 Å². The molecule has 0 radical (unpaired) electrons. The molecule has 0 spiro atoms. The van der Waals surface area contributed by atoms with E-state index in [4.69, 9.17) is 0 Å². The molecule has 1 nitrogen and oxygen atoms in total. The van der Waals surface area contributed by atoms with E-state index in [1.807, 2.05) is 0 Å². The molecule has 0 atom stereocenters. The SMILES string of the molecule is CC(C)c1ccc(CCCNC2CCCC2)cc1. The van der Waals surface area contributed by atoms with Crippen molar-refractivity contribution in [1.29, 1.82) is 0 Å². The molecule has 0 aliphatic heterocycles. The second-order valence-electron chi connectivity index (χ2n) is 5.94. The first-order chi connectivity index (χ1) is 8.75. The van der Waals surface area contributed by atoms with Crippen molar-refractivity contribution in [3.05, 3.63) is 35.4 Å². The summed E-state index contributed by atoms with van der Waals surface area (Å²) in [4.78, 5) is 0. The van der Waals surface area contributed by atoms with Gasteiger partial charge in [-0.15, -0.1) is 0 Å². The van der Waals surface area contributed by atoms with Crippen LogP contribution >= 0.6 is 0 Å². The molecule has 1 heteroatoms. The van der Waals surface area contributed by atoms with Gasteiger partial charge in [-0.1, -0.05) is 51.0 Å². The lowest BCUT2D eigenvalue weighted by atomic mass is 10.0. The van der Waals surface area contributed by atoms with Crippen molar-refractivity contribution in [1.82, 2.24) is 5.32 Å². The summed E-state index contributed by atoms with van der Waals surface area (Å²) in [5.41, 5.74) is 2.93. The quantitative estimate of drug-likeness (QED) is 0.738. The van der Waals surface area contributed by atoms with Crippen molar-refractivity contribution >= 4 is 0 Å². The lowest BCUT2D eigenvalue weighted by Gasteiger charge is -2.11. The number of aryl methyl sites for hydroxylation is 1. The predicted molar refractivity (Wildman–Crippen MR) is 79.1 cm³/mol. The van der Waals surface area contributed by atoms with Crippen molar-refractivity contribution in [3.8, 4) is 0 Å². The van der Waals surface area contributed by atoms with Crippen LogP contribution in [0.4, 0.5) is 0 Å². The molecule has 0 bridgehead atoms. The lowest BCUT2D eigenvalue weighted by Crippen LogP contribution is -2.27. The highest BCUT2D eigenvalue weighted by Gasteiger charge is 2.13. The van der Waals surface area contributed by atoms with Gasteiger partial charge in [0.1, 0.15) is 0 Å². The third-order valence-corrected chi connectivity index (χ3v) is 4.08. The summed E-state index contributed by atoms with van der Waals surface area (Å²) < 4.78 is 0. The first-order valence-corrected chi connectivity index (χ1v) is 7.58. The average molecular weight is 245 g/mol. The molecule has 0 unspecified atom stereocenters. The molecule has 1 aromatic carbocycles. The first kappa shape index (κ1) is 13.6. The van der Waals surface area contributed by atoms with E-state index in [1.54, 1.807) is 0 Å². The summed E-state index contributed by atoms with van der Waals surface area (Å²) in [5.74, 6) is 0.642. The van der Waals surface area contributed by atoms with Gasteiger partial charge in [-0.05, 0) is 49.3 Å². The molecule has 0 amide bonds. The van der Waals surface area contributed by atoms with E-state index in [1.165, 1.54) is 56.2 Å². The Morgan fingerprint density at radius 1 is 1.11 bits per heavy atom. The summed E-state index contributed by atoms with van der Waals surface area (Å²) in [6.45, 7) is 5.68. The third-order valence-electron chi connectivity index (χ3n) is 4.08. The molecule has 2 rings (SSSR count). The maximum Gasteiger partial charge on any atom is 0.00670 e. The highest BCUT2D eigenvalue weighted by atomic mass is 14.9. The van der Waals surface area contributed by atoms with Crippen molar-refractivity contribution < 1.29 is 0 Å². The summed E-state index contributed by atoms with van der Waals surface area (Å²) >= 11 is 0. The fraction of sp³-hybridized carbons (Fsp3) is 0.647. The second-order valence-corrected chi connectivity index (χ2v) is 5.94. The molecule has 1 aromatic rings. The van der Waals surface area contributed by atoms with Gasteiger partial charge in [0.15, 0.2) is 0 Å². The normalized spacial score (nSPS) is 16.6. The molecule has 0 heterocycles. The maximum absolute atomic E-state index is 3.68. The predicted octanol–water partition coefficient (Wildman–Crippen LogP) is 4.27. The highest BCUT2D eigenvalue weighted by molar-refractivity contribution is 5.24. The Balaban J connectivity index is 1.66. The van der Waals surface area contributed by atoms with Gasteiger partial charge in [-0.2, -0.15) is 0 Å². The minimum atomic E-state index is 0.642. The largest absolute Gasteiger partial charge is 0.314 e. The van der Waals surface area contributed by atoms with E-state index in [0.717, 1.165) is 6.04 Å². The number of hydrogen-bond acceptors (Lipinski definition) is 1. The van der Waals surface area contributed by atoms with Gasteiger partial charge in [0.25, 0.3) is 0 Å². The number of hydrogen-bond donors (Lipinski definition) is 1.